The number of hydrogen-bond donors (Lipinski definition) is 4. The molecule has 0 spiro atoms. The van der Waals surface area contributed by atoms with Crippen molar-refractivity contribution in [1.82, 2.24) is 30.6 Å². The molecule has 52 heavy (non-hydrogen) atoms. The molecule has 2 aromatic rings. The summed E-state index contributed by atoms with van der Waals surface area (Å²) in [6.07, 6.45) is 3.63. The first-order chi connectivity index (χ1) is 24.4. The van der Waals surface area contributed by atoms with Crippen molar-refractivity contribution < 1.29 is 41.9 Å². The van der Waals surface area contributed by atoms with Crippen molar-refractivity contribution in [3.8, 4) is 5.88 Å². The van der Waals surface area contributed by atoms with Crippen LogP contribution in [0.15, 0.2) is 60.8 Å². The average molecular weight is 739 g/mol. The number of alkyl carbamates (subject to hydrolysis) is 1. The number of rotatable bonds is 13. The number of ether oxygens (including phenoxy) is 2. The first kappa shape index (κ1) is 38.2. The van der Waals surface area contributed by atoms with Crippen molar-refractivity contribution >= 4 is 50.5 Å². The summed E-state index contributed by atoms with van der Waals surface area (Å²) in [5.41, 5.74) is -1.80. The van der Waals surface area contributed by atoms with Gasteiger partial charge in [-0.05, 0) is 71.4 Å². The molecule has 1 saturated heterocycles. The number of carbonyl (C=O) groups excluding carboxylic acids is 5. The molecule has 4 N–H and O–H groups in total. The molecule has 5 atom stereocenters. The van der Waals surface area contributed by atoms with Gasteiger partial charge in [-0.1, -0.05) is 29.8 Å². The maximum atomic E-state index is 14.4. The molecule has 1 aromatic heterocycles. The van der Waals surface area contributed by atoms with Crippen LogP contribution in [0.3, 0.4) is 0 Å². The molecule has 2 aliphatic carbocycles. The number of benzene rings is 1. The third-order valence-electron chi connectivity index (χ3n) is 8.90. The molecule has 3 aliphatic rings. The van der Waals surface area contributed by atoms with Crippen LogP contribution in [0.4, 0.5) is 4.79 Å². The molecule has 5 rings (SSSR count). The van der Waals surface area contributed by atoms with Crippen LogP contribution in [0.2, 0.25) is 0 Å². The molecule has 16 heteroatoms. The van der Waals surface area contributed by atoms with Crippen molar-refractivity contribution in [2.24, 2.45) is 5.92 Å². The van der Waals surface area contributed by atoms with E-state index in [4.69, 9.17) is 9.47 Å². The van der Waals surface area contributed by atoms with Gasteiger partial charge in [0.05, 0.1) is 11.8 Å². The number of amides is 5. The van der Waals surface area contributed by atoms with Crippen LogP contribution < -0.4 is 25.4 Å². The lowest BCUT2D eigenvalue weighted by Crippen LogP contribution is -2.59. The highest BCUT2D eigenvalue weighted by molar-refractivity contribution is 7.91. The van der Waals surface area contributed by atoms with Gasteiger partial charge in [-0.3, -0.25) is 23.9 Å². The fraction of sp³-hybridized carbons (Fsp3) is 0.500. The normalized spacial score (nSPS) is 23.1. The summed E-state index contributed by atoms with van der Waals surface area (Å²) in [5.74, 6) is -3.13. The topological polar surface area (TPSA) is 202 Å². The van der Waals surface area contributed by atoms with Gasteiger partial charge in [0.25, 0.3) is 5.91 Å². The molecule has 2 heterocycles. The van der Waals surface area contributed by atoms with E-state index in [1.165, 1.54) is 17.1 Å². The van der Waals surface area contributed by atoms with E-state index in [1.54, 1.807) is 40.8 Å². The van der Waals surface area contributed by atoms with Crippen molar-refractivity contribution in [3.63, 3.8) is 0 Å². The Bertz CT molecular complexity index is 1900. The average Bonchev–Trinajstić information content (AvgIpc) is 3.98. The third-order valence-corrected chi connectivity index (χ3v) is 10.7. The van der Waals surface area contributed by atoms with Crippen LogP contribution in [0.25, 0.3) is 10.8 Å². The van der Waals surface area contributed by atoms with Gasteiger partial charge >= 0.3 is 6.09 Å². The highest BCUT2D eigenvalue weighted by Gasteiger charge is 2.62. The number of carbonyl (C=O) groups is 5. The van der Waals surface area contributed by atoms with Gasteiger partial charge in [-0.25, -0.2) is 18.2 Å². The Morgan fingerprint density at radius 3 is 2.46 bits per heavy atom. The molecule has 0 bridgehead atoms. The lowest BCUT2D eigenvalue weighted by molar-refractivity contribution is -0.141. The van der Waals surface area contributed by atoms with E-state index in [0.717, 1.165) is 5.39 Å². The Morgan fingerprint density at radius 2 is 1.83 bits per heavy atom. The van der Waals surface area contributed by atoms with Crippen LogP contribution in [0.1, 0.15) is 60.3 Å². The van der Waals surface area contributed by atoms with Gasteiger partial charge in [-0.2, -0.15) is 0 Å². The predicted octanol–water partition coefficient (Wildman–Crippen LogP) is 2.23. The molecule has 15 nitrogen and oxygen atoms in total. The fourth-order valence-corrected chi connectivity index (χ4v) is 7.47. The minimum atomic E-state index is -3.93. The predicted molar refractivity (Wildman–Crippen MR) is 191 cm³/mol. The van der Waals surface area contributed by atoms with Crippen LogP contribution in [-0.2, 0) is 33.9 Å². The van der Waals surface area contributed by atoms with Gasteiger partial charge in [0.2, 0.25) is 33.6 Å². The minimum absolute atomic E-state index is 0.0391. The van der Waals surface area contributed by atoms with E-state index in [0.29, 0.717) is 23.8 Å². The molecule has 2 saturated carbocycles. The summed E-state index contributed by atoms with van der Waals surface area (Å²) in [6.45, 7) is 11.7. The van der Waals surface area contributed by atoms with E-state index in [2.05, 4.69) is 32.2 Å². The van der Waals surface area contributed by atoms with Gasteiger partial charge in [-0.15, -0.1) is 6.58 Å². The number of nitrogens with zero attached hydrogens (tertiary/aromatic N) is 2. The Hall–Kier alpha value is -4.99. The Balaban J connectivity index is 1.44. The molecular formula is C36H46N6O9S. The molecule has 0 unspecified atom stereocenters. The fourth-order valence-electron chi connectivity index (χ4n) is 6.10. The number of sulfonamides is 1. The second kappa shape index (κ2) is 14.9. The van der Waals surface area contributed by atoms with Crippen molar-refractivity contribution in [1.29, 1.82) is 0 Å². The molecule has 0 radical (unpaired) electrons. The van der Waals surface area contributed by atoms with Crippen molar-refractivity contribution in [2.75, 3.05) is 13.1 Å². The summed E-state index contributed by atoms with van der Waals surface area (Å²) in [6, 6.07) is 6.62. The molecule has 280 valence electrons. The zero-order chi connectivity index (χ0) is 38.0. The lowest BCUT2D eigenvalue weighted by Gasteiger charge is -2.30. The number of hydrogen-bond acceptors (Lipinski definition) is 10. The van der Waals surface area contributed by atoms with Crippen LogP contribution in [0, 0.1) is 5.92 Å². The number of nitrogens with one attached hydrogen (secondary N) is 4. The summed E-state index contributed by atoms with van der Waals surface area (Å²) in [4.78, 5) is 73.1. The Morgan fingerprint density at radius 1 is 1.12 bits per heavy atom. The standard InChI is InChI=1S/C36H46N6O9S/c1-7-23-18-36(23,33(46)41-52(48,49)25-12-13-25)40-30(44)28-17-24(50-31-26-11-9-8-10-22(26)14-15-37-31)20-42(28)32(45)27(19-38-29(43)16-21(2)3)39-34(47)51-35(4,5)6/h7-11,14-16,23-25,27-28H,1,12-13,17-20H2,2-6H3,(H,38,43)(H,39,47)(H,40,44)(H,41,46)/t23-,24-,27+,28+,36-/m1/s1. The van der Waals surface area contributed by atoms with Gasteiger partial charge in [0.15, 0.2) is 0 Å². The summed E-state index contributed by atoms with van der Waals surface area (Å²) < 4.78 is 39.1. The second-order valence-electron chi connectivity index (χ2n) is 14.7. The first-order valence-electron chi connectivity index (χ1n) is 17.2. The molecular weight excluding hydrogens is 692 g/mol. The number of allylic oxidation sites excluding steroid dienone is 1. The van der Waals surface area contributed by atoms with Crippen LogP contribution in [-0.4, -0.2) is 95.7 Å². The second-order valence-corrected chi connectivity index (χ2v) is 16.6. The first-order valence-corrected chi connectivity index (χ1v) is 18.7. The molecule has 1 aromatic carbocycles. The zero-order valence-electron chi connectivity index (χ0n) is 29.9. The molecule has 5 amide bonds. The van der Waals surface area contributed by atoms with Gasteiger partial charge in [0, 0.05) is 36.5 Å². The van der Waals surface area contributed by atoms with E-state index < -0.39 is 80.2 Å². The summed E-state index contributed by atoms with van der Waals surface area (Å²) in [7, 11) is -3.93. The smallest absolute Gasteiger partial charge is 0.408 e. The molecule has 3 fully saturated rings. The van der Waals surface area contributed by atoms with E-state index >= 15 is 0 Å². The monoisotopic (exact) mass is 738 g/mol. The number of aromatic nitrogens is 1. The molecule has 1 aliphatic heterocycles. The number of pyridine rings is 1. The SMILES string of the molecule is C=C[C@@H]1C[C@]1(NC(=O)[C@@H]1C[C@@H](Oc2nccc3ccccc23)CN1C(=O)[C@H](CNC(=O)C=C(C)C)NC(=O)OC(C)(C)C)C(=O)NS(=O)(=O)C1CC1. The van der Waals surface area contributed by atoms with Crippen molar-refractivity contribution in [3.05, 3.63) is 60.8 Å². The largest absolute Gasteiger partial charge is 0.472 e. The maximum absolute atomic E-state index is 14.4. The van der Waals surface area contributed by atoms with E-state index in [9.17, 15) is 32.4 Å². The Labute approximate surface area is 303 Å². The zero-order valence-corrected chi connectivity index (χ0v) is 30.7. The highest BCUT2D eigenvalue weighted by atomic mass is 32.2. The minimum Gasteiger partial charge on any atom is -0.472 e. The number of likely N-dealkylation sites (tertiary alicyclic amines) is 1. The highest BCUT2D eigenvalue weighted by Crippen LogP contribution is 2.45. The summed E-state index contributed by atoms with van der Waals surface area (Å²) >= 11 is 0. The van der Waals surface area contributed by atoms with E-state index in [1.807, 2.05) is 30.3 Å². The lowest BCUT2D eigenvalue weighted by atomic mass is 10.1. The summed E-state index contributed by atoms with van der Waals surface area (Å²) in [5, 5.41) is 8.78. The maximum Gasteiger partial charge on any atom is 0.408 e. The van der Waals surface area contributed by atoms with Crippen LogP contribution in [0.5, 0.6) is 5.88 Å². The quantitative estimate of drug-likeness (QED) is 0.174. The Kier molecular flexibility index (Phi) is 11.0. The van der Waals surface area contributed by atoms with Gasteiger partial charge in [0.1, 0.15) is 29.3 Å². The third kappa shape index (κ3) is 9.08. The van der Waals surface area contributed by atoms with E-state index in [-0.39, 0.29) is 31.8 Å². The number of fused-ring (bicyclic) bond motifs is 1. The van der Waals surface area contributed by atoms with Gasteiger partial charge < -0.3 is 30.3 Å². The van der Waals surface area contributed by atoms with Crippen molar-refractivity contribution in [2.45, 2.75) is 94.9 Å². The van der Waals surface area contributed by atoms with Crippen LogP contribution >= 0.6 is 0 Å².